The second-order valence-corrected chi connectivity index (χ2v) is 8.79. The van der Waals surface area contributed by atoms with Gasteiger partial charge in [0.15, 0.2) is 11.3 Å². The van der Waals surface area contributed by atoms with Gasteiger partial charge >= 0.3 is 0 Å². The molecule has 0 N–H and O–H groups in total. The zero-order valence-corrected chi connectivity index (χ0v) is 19.9. The summed E-state index contributed by atoms with van der Waals surface area (Å²) in [6.07, 6.45) is 2.51. The molecule has 0 aliphatic carbocycles. The standard InChI is InChI=1S/C24H20N4O3S2/c1-4-14-5-7-15(8-6-14)27(2)16-9-10-17-19(13-16)33-23(26-17)28-22(29)20-21(31-24(28)32)18(30-3)11-12-25-20/h5-13H,4H2,1-3H3. The molecule has 0 aliphatic rings. The molecule has 166 valence electrons. The van der Waals surface area contributed by atoms with Crippen molar-refractivity contribution in [3.8, 4) is 10.9 Å². The summed E-state index contributed by atoms with van der Waals surface area (Å²) in [4.78, 5) is 24.1. The van der Waals surface area contributed by atoms with E-state index in [4.69, 9.17) is 21.4 Å². The molecule has 5 rings (SSSR count). The number of pyridine rings is 1. The van der Waals surface area contributed by atoms with Gasteiger partial charge in [0.2, 0.25) is 10.7 Å². The molecule has 0 amide bonds. The van der Waals surface area contributed by atoms with Gasteiger partial charge in [0.25, 0.3) is 10.4 Å². The SMILES string of the molecule is CCc1ccc(N(C)c2ccc3nc(-n4c(=S)oc5c(OC)ccnc5c4=O)sc3c2)cc1. The van der Waals surface area contributed by atoms with E-state index < -0.39 is 5.56 Å². The summed E-state index contributed by atoms with van der Waals surface area (Å²) >= 11 is 6.75. The first kappa shape index (κ1) is 21.3. The Morgan fingerprint density at radius 3 is 2.64 bits per heavy atom. The van der Waals surface area contributed by atoms with Crippen molar-refractivity contribution in [2.45, 2.75) is 13.3 Å². The summed E-state index contributed by atoms with van der Waals surface area (Å²) in [6.45, 7) is 2.14. The van der Waals surface area contributed by atoms with Crippen LogP contribution in [0.15, 0.2) is 63.9 Å². The Morgan fingerprint density at radius 2 is 1.91 bits per heavy atom. The van der Waals surface area contributed by atoms with Gasteiger partial charge in [-0.1, -0.05) is 30.4 Å². The van der Waals surface area contributed by atoms with Crippen LogP contribution in [0.3, 0.4) is 0 Å². The van der Waals surface area contributed by atoms with Crippen LogP contribution in [0, 0.1) is 4.84 Å². The number of aromatic nitrogens is 3. The molecule has 0 fully saturated rings. The molecular weight excluding hydrogens is 456 g/mol. The number of aryl methyl sites for hydroxylation is 1. The highest BCUT2D eigenvalue weighted by Crippen LogP contribution is 2.32. The molecular formula is C24H20N4O3S2. The van der Waals surface area contributed by atoms with Crippen molar-refractivity contribution in [1.82, 2.24) is 14.5 Å². The van der Waals surface area contributed by atoms with E-state index >= 15 is 0 Å². The predicted molar refractivity (Wildman–Crippen MR) is 134 cm³/mol. The monoisotopic (exact) mass is 476 g/mol. The molecule has 2 aromatic carbocycles. The maximum atomic E-state index is 13.2. The van der Waals surface area contributed by atoms with Gasteiger partial charge in [-0.3, -0.25) is 4.79 Å². The fourth-order valence-corrected chi connectivity index (χ4v) is 4.94. The molecule has 3 heterocycles. The smallest absolute Gasteiger partial charge is 0.290 e. The number of hydrogen-bond acceptors (Lipinski definition) is 8. The first-order valence-corrected chi connectivity index (χ1v) is 11.5. The lowest BCUT2D eigenvalue weighted by Gasteiger charge is -2.19. The second kappa shape index (κ2) is 8.42. The van der Waals surface area contributed by atoms with Crippen LogP contribution in [0.1, 0.15) is 12.5 Å². The molecule has 0 radical (unpaired) electrons. The third kappa shape index (κ3) is 3.69. The fraction of sp³-hybridized carbons (Fsp3) is 0.167. The van der Waals surface area contributed by atoms with Crippen molar-refractivity contribution < 1.29 is 9.15 Å². The van der Waals surface area contributed by atoms with Crippen LogP contribution < -0.4 is 15.2 Å². The van der Waals surface area contributed by atoms with Crippen LogP contribution in [0.5, 0.6) is 5.75 Å². The number of anilines is 2. The van der Waals surface area contributed by atoms with Gasteiger partial charge < -0.3 is 14.1 Å². The normalized spacial score (nSPS) is 11.2. The van der Waals surface area contributed by atoms with E-state index in [9.17, 15) is 4.79 Å². The quantitative estimate of drug-likeness (QED) is 0.303. The Bertz CT molecular complexity index is 1600. The molecule has 9 heteroatoms. The van der Waals surface area contributed by atoms with Crippen LogP contribution in [0.4, 0.5) is 11.4 Å². The number of ether oxygens (including phenoxy) is 1. The topological polar surface area (TPSA) is 73.4 Å². The Labute approximate surface area is 198 Å². The summed E-state index contributed by atoms with van der Waals surface area (Å²) in [5.41, 5.74) is 4.15. The maximum Gasteiger partial charge on any atom is 0.290 e. The molecule has 0 atom stereocenters. The van der Waals surface area contributed by atoms with Gasteiger partial charge in [0.1, 0.15) is 0 Å². The minimum Gasteiger partial charge on any atom is -0.493 e. The van der Waals surface area contributed by atoms with E-state index in [1.807, 2.05) is 19.2 Å². The van der Waals surface area contributed by atoms with E-state index in [0.717, 1.165) is 28.0 Å². The van der Waals surface area contributed by atoms with Gasteiger partial charge in [-0.15, -0.1) is 0 Å². The molecule has 0 saturated carbocycles. The van der Waals surface area contributed by atoms with Gasteiger partial charge in [-0.25, -0.2) is 14.5 Å². The van der Waals surface area contributed by atoms with Crippen LogP contribution in [0.2, 0.25) is 0 Å². The summed E-state index contributed by atoms with van der Waals surface area (Å²) < 4.78 is 13.2. The van der Waals surface area contributed by atoms with Crippen molar-refractivity contribution >= 4 is 56.2 Å². The van der Waals surface area contributed by atoms with Gasteiger partial charge in [-0.2, -0.15) is 0 Å². The number of rotatable bonds is 5. The first-order valence-electron chi connectivity index (χ1n) is 10.3. The molecule has 0 bridgehead atoms. The highest BCUT2D eigenvalue weighted by molar-refractivity contribution is 7.71. The molecule has 7 nitrogen and oxygen atoms in total. The number of fused-ring (bicyclic) bond motifs is 2. The van der Waals surface area contributed by atoms with E-state index in [1.165, 1.54) is 34.8 Å². The molecule has 3 aromatic heterocycles. The van der Waals surface area contributed by atoms with E-state index in [0.29, 0.717) is 10.9 Å². The third-order valence-corrected chi connectivity index (χ3v) is 6.81. The largest absolute Gasteiger partial charge is 0.493 e. The maximum absolute atomic E-state index is 13.2. The lowest BCUT2D eigenvalue weighted by atomic mass is 10.1. The number of thiazole rings is 1. The average Bonchev–Trinajstić information content (AvgIpc) is 3.26. The molecule has 0 aliphatic heterocycles. The van der Waals surface area contributed by atoms with Crippen molar-refractivity contribution in [3.63, 3.8) is 0 Å². The minimum atomic E-state index is -0.396. The van der Waals surface area contributed by atoms with Crippen molar-refractivity contribution in [2.24, 2.45) is 0 Å². The van der Waals surface area contributed by atoms with Crippen LogP contribution in [-0.2, 0) is 6.42 Å². The average molecular weight is 477 g/mol. The summed E-state index contributed by atoms with van der Waals surface area (Å²) in [5, 5.41) is 0.433. The van der Waals surface area contributed by atoms with Gasteiger partial charge in [-0.05, 0) is 54.5 Å². The Hall–Kier alpha value is -3.56. The number of nitrogens with zero attached hydrogens (tertiary/aromatic N) is 4. The molecule has 5 aromatic rings. The van der Waals surface area contributed by atoms with Gasteiger partial charge in [0.05, 0.1) is 17.3 Å². The predicted octanol–water partition coefficient (Wildman–Crippen LogP) is 5.66. The summed E-state index contributed by atoms with van der Waals surface area (Å²) in [6, 6.07) is 16.1. The van der Waals surface area contributed by atoms with Crippen LogP contribution >= 0.6 is 23.6 Å². The van der Waals surface area contributed by atoms with E-state index in [-0.39, 0.29) is 15.9 Å². The Balaban J connectivity index is 1.59. The molecule has 0 unspecified atom stereocenters. The highest BCUT2D eigenvalue weighted by Gasteiger charge is 2.17. The van der Waals surface area contributed by atoms with Crippen LogP contribution in [-0.4, -0.2) is 28.7 Å². The second-order valence-electron chi connectivity index (χ2n) is 7.43. The number of hydrogen-bond donors (Lipinski definition) is 0. The van der Waals surface area contributed by atoms with Crippen molar-refractivity contribution in [1.29, 1.82) is 0 Å². The van der Waals surface area contributed by atoms with Crippen LogP contribution in [0.25, 0.3) is 26.4 Å². The molecule has 0 saturated heterocycles. The van der Waals surface area contributed by atoms with Crippen molar-refractivity contribution in [3.05, 3.63) is 75.5 Å². The molecule has 0 spiro atoms. The van der Waals surface area contributed by atoms with E-state index in [1.54, 1.807) is 6.07 Å². The number of benzene rings is 2. The summed E-state index contributed by atoms with van der Waals surface area (Å²) in [5.74, 6) is 0.402. The third-order valence-electron chi connectivity index (χ3n) is 5.54. The fourth-order valence-electron chi connectivity index (χ4n) is 3.64. The lowest BCUT2D eigenvalue weighted by Crippen LogP contribution is -2.20. The lowest BCUT2D eigenvalue weighted by molar-refractivity contribution is 0.404. The number of methoxy groups -OCH3 is 1. The van der Waals surface area contributed by atoms with E-state index in [2.05, 4.69) is 52.1 Å². The Kier molecular flexibility index (Phi) is 5.43. The van der Waals surface area contributed by atoms with Crippen molar-refractivity contribution in [2.75, 3.05) is 19.1 Å². The molecule has 33 heavy (non-hydrogen) atoms. The zero-order chi connectivity index (χ0) is 23.1. The summed E-state index contributed by atoms with van der Waals surface area (Å²) in [7, 11) is 3.52. The highest BCUT2D eigenvalue weighted by atomic mass is 32.1. The minimum absolute atomic E-state index is 0.00814. The van der Waals surface area contributed by atoms with Gasteiger partial charge in [0, 0.05) is 30.7 Å². The zero-order valence-electron chi connectivity index (χ0n) is 18.2. The first-order chi connectivity index (χ1) is 16.0. The Morgan fingerprint density at radius 1 is 1.15 bits per heavy atom.